The van der Waals surface area contributed by atoms with Crippen molar-refractivity contribution in [1.82, 2.24) is 14.8 Å². The number of carbonyl (C=O) groups excluding carboxylic acids is 1. The Bertz CT molecular complexity index is 750. The van der Waals surface area contributed by atoms with Crippen LogP contribution in [0, 0.1) is 0 Å². The van der Waals surface area contributed by atoms with Crippen molar-refractivity contribution in [3.8, 4) is 10.6 Å². The number of morpholine rings is 2. The first kappa shape index (κ1) is 18.6. The van der Waals surface area contributed by atoms with Gasteiger partial charge in [0.25, 0.3) is 0 Å². The normalized spacial score (nSPS) is 18.6. The van der Waals surface area contributed by atoms with Gasteiger partial charge in [-0.3, -0.25) is 9.69 Å². The second-order valence-corrected chi connectivity index (χ2v) is 7.76. The van der Waals surface area contributed by atoms with Crippen LogP contribution in [0.25, 0.3) is 10.6 Å². The van der Waals surface area contributed by atoms with Gasteiger partial charge in [0.15, 0.2) is 0 Å². The van der Waals surface area contributed by atoms with E-state index in [0.717, 1.165) is 49.1 Å². The average Bonchev–Trinajstić information content (AvgIpc) is 3.18. The molecule has 2 aliphatic heterocycles. The summed E-state index contributed by atoms with van der Waals surface area (Å²) in [5.41, 5.74) is 3.26. The molecule has 2 aliphatic rings. The van der Waals surface area contributed by atoms with Crippen molar-refractivity contribution >= 4 is 17.2 Å². The van der Waals surface area contributed by atoms with E-state index in [1.807, 2.05) is 10.3 Å². The van der Waals surface area contributed by atoms with Gasteiger partial charge in [-0.05, 0) is 5.56 Å². The Labute approximate surface area is 163 Å². The highest BCUT2D eigenvalue weighted by Crippen LogP contribution is 2.25. The quantitative estimate of drug-likeness (QED) is 0.786. The average molecular weight is 388 g/mol. The monoisotopic (exact) mass is 387 g/mol. The van der Waals surface area contributed by atoms with E-state index >= 15 is 0 Å². The van der Waals surface area contributed by atoms with Crippen LogP contribution in [0.15, 0.2) is 29.6 Å². The molecule has 4 rings (SSSR count). The molecule has 1 aromatic carbocycles. The summed E-state index contributed by atoms with van der Waals surface area (Å²) in [7, 11) is 0. The van der Waals surface area contributed by atoms with E-state index in [2.05, 4.69) is 34.1 Å². The summed E-state index contributed by atoms with van der Waals surface area (Å²) in [5, 5.41) is 2.97. The van der Waals surface area contributed by atoms with Crippen LogP contribution in [0.2, 0.25) is 0 Å². The SMILES string of the molecule is O=C(Cc1csc(-c2ccc(CN3CCOCC3)cc2)n1)N1CCOCC1. The van der Waals surface area contributed by atoms with Gasteiger partial charge in [0.05, 0.1) is 38.5 Å². The van der Waals surface area contributed by atoms with E-state index in [1.54, 1.807) is 11.3 Å². The van der Waals surface area contributed by atoms with Gasteiger partial charge in [-0.15, -0.1) is 11.3 Å². The largest absolute Gasteiger partial charge is 0.379 e. The van der Waals surface area contributed by atoms with Gasteiger partial charge in [-0.1, -0.05) is 24.3 Å². The van der Waals surface area contributed by atoms with E-state index in [1.165, 1.54) is 5.56 Å². The third-order valence-corrected chi connectivity index (χ3v) is 5.90. The summed E-state index contributed by atoms with van der Waals surface area (Å²) in [6.07, 6.45) is 0.367. The first-order valence-electron chi connectivity index (χ1n) is 9.47. The molecule has 3 heterocycles. The Hall–Kier alpha value is -1.80. The Balaban J connectivity index is 1.35. The number of rotatable bonds is 5. The smallest absolute Gasteiger partial charge is 0.228 e. The molecule has 0 radical (unpaired) electrons. The zero-order valence-electron chi connectivity index (χ0n) is 15.4. The first-order chi connectivity index (χ1) is 13.3. The molecule has 0 unspecified atom stereocenters. The van der Waals surface area contributed by atoms with Gasteiger partial charge in [-0.2, -0.15) is 0 Å². The van der Waals surface area contributed by atoms with Crippen LogP contribution in [-0.2, 0) is 27.2 Å². The summed E-state index contributed by atoms with van der Waals surface area (Å²) < 4.78 is 10.7. The molecule has 27 heavy (non-hydrogen) atoms. The molecule has 144 valence electrons. The minimum Gasteiger partial charge on any atom is -0.379 e. The molecule has 0 atom stereocenters. The van der Waals surface area contributed by atoms with E-state index in [-0.39, 0.29) is 5.91 Å². The molecule has 0 saturated carbocycles. The van der Waals surface area contributed by atoms with Gasteiger partial charge in [0, 0.05) is 43.7 Å². The van der Waals surface area contributed by atoms with Crippen LogP contribution in [-0.4, -0.2) is 73.3 Å². The van der Waals surface area contributed by atoms with Crippen molar-refractivity contribution < 1.29 is 14.3 Å². The number of nitrogens with zero attached hydrogens (tertiary/aromatic N) is 3. The van der Waals surface area contributed by atoms with Crippen LogP contribution >= 0.6 is 11.3 Å². The number of amides is 1. The fourth-order valence-corrected chi connectivity index (χ4v) is 4.20. The third kappa shape index (κ3) is 4.93. The maximum Gasteiger partial charge on any atom is 0.228 e. The van der Waals surface area contributed by atoms with Crippen LogP contribution in [0.5, 0.6) is 0 Å². The Morgan fingerprint density at radius 2 is 1.67 bits per heavy atom. The molecule has 0 spiro atoms. The van der Waals surface area contributed by atoms with Gasteiger partial charge < -0.3 is 14.4 Å². The van der Waals surface area contributed by atoms with Gasteiger partial charge in [0.1, 0.15) is 5.01 Å². The number of aromatic nitrogens is 1. The van der Waals surface area contributed by atoms with Gasteiger partial charge in [-0.25, -0.2) is 4.98 Å². The Morgan fingerprint density at radius 1 is 1.00 bits per heavy atom. The highest BCUT2D eigenvalue weighted by atomic mass is 32.1. The third-order valence-electron chi connectivity index (χ3n) is 4.96. The van der Waals surface area contributed by atoms with E-state index in [4.69, 9.17) is 9.47 Å². The number of hydrogen-bond donors (Lipinski definition) is 0. The molecule has 0 N–H and O–H groups in total. The molecule has 2 aromatic rings. The fourth-order valence-electron chi connectivity index (χ4n) is 3.37. The highest BCUT2D eigenvalue weighted by Gasteiger charge is 2.18. The maximum atomic E-state index is 12.4. The molecule has 2 saturated heterocycles. The standard InChI is InChI=1S/C20H25N3O3S/c24-19(23-7-11-26-12-8-23)13-18-15-27-20(21-18)17-3-1-16(2-4-17)14-22-5-9-25-10-6-22/h1-4,15H,5-14H2. The van der Waals surface area contributed by atoms with Crippen molar-refractivity contribution in [3.63, 3.8) is 0 Å². The number of thiazole rings is 1. The molecular weight excluding hydrogens is 362 g/mol. The topological polar surface area (TPSA) is 54.9 Å². The van der Waals surface area contributed by atoms with E-state index in [9.17, 15) is 4.79 Å². The molecule has 1 aromatic heterocycles. The zero-order valence-corrected chi connectivity index (χ0v) is 16.2. The van der Waals surface area contributed by atoms with Crippen LogP contribution < -0.4 is 0 Å². The second kappa shape index (κ2) is 8.93. The van der Waals surface area contributed by atoms with E-state index in [0.29, 0.717) is 32.7 Å². The fraction of sp³-hybridized carbons (Fsp3) is 0.500. The number of hydrogen-bond acceptors (Lipinski definition) is 6. The number of carbonyl (C=O) groups is 1. The second-order valence-electron chi connectivity index (χ2n) is 6.90. The minimum atomic E-state index is 0.135. The lowest BCUT2D eigenvalue weighted by Crippen LogP contribution is -2.41. The zero-order chi connectivity index (χ0) is 18.5. The Morgan fingerprint density at radius 3 is 2.37 bits per heavy atom. The van der Waals surface area contributed by atoms with Crippen molar-refractivity contribution in [3.05, 3.63) is 40.9 Å². The molecule has 0 bridgehead atoms. The number of benzene rings is 1. The summed E-state index contributed by atoms with van der Waals surface area (Å²) in [5.74, 6) is 0.135. The lowest BCUT2D eigenvalue weighted by atomic mass is 10.1. The van der Waals surface area contributed by atoms with Crippen LogP contribution in [0.4, 0.5) is 0 Å². The van der Waals surface area contributed by atoms with Crippen LogP contribution in [0.1, 0.15) is 11.3 Å². The summed E-state index contributed by atoms with van der Waals surface area (Å²) in [4.78, 5) is 21.3. The molecule has 7 heteroatoms. The van der Waals surface area contributed by atoms with Crippen molar-refractivity contribution in [2.75, 3.05) is 52.6 Å². The highest BCUT2D eigenvalue weighted by molar-refractivity contribution is 7.13. The molecule has 2 fully saturated rings. The van der Waals surface area contributed by atoms with Gasteiger partial charge >= 0.3 is 0 Å². The molecule has 1 amide bonds. The molecule has 6 nitrogen and oxygen atoms in total. The summed E-state index contributed by atoms with van der Waals surface area (Å²) in [6.45, 7) is 7.22. The molecular formula is C20H25N3O3S. The van der Waals surface area contributed by atoms with E-state index < -0.39 is 0 Å². The Kier molecular flexibility index (Phi) is 6.14. The predicted octanol–water partition coefficient (Wildman–Crippen LogP) is 2.04. The molecule has 0 aliphatic carbocycles. The lowest BCUT2D eigenvalue weighted by molar-refractivity contribution is -0.134. The maximum absolute atomic E-state index is 12.4. The van der Waals surface area contributed by atoms with Gasteiger partial charge in [0.2, 0.25) is 5.91 Å². The predicted molar refractivity (Wildman–Crippen MR) is 105 cm³/mol. The first-order valence-corrected chi connectivity index (χ1v) is 10.4. The summed E-state index contributed by atoms with van der Waals surface area (Å²) >= 11 is 1.60. The van der Waals surface area contributed by atoms with Crippen molar-refractivity contribution in [2.24, 2.45) is 0 Å². The lowest BCUT2D eigenvalue weighted by Gasteiger charge is -2.26. The summed E-state index contributed by atoms with van der Waals surface area (Å²) in [6, 6.07) is 8.60. The number of ether oxygens (including phenoxy) is 2. The minimum absolute atomic E-state index is 0.135. The van der Waals surface area contributed by atoms with Crippen molar-refractivity contribution in [1.29, 1.82) is 0 Å². The van der Waals surface area contributed by atoms with Crippen LogP contribution in [0.3, 0.4) is 0 Å². The van der Waals surface area contributed by atoms with Crippen molar-refractivity contribution in [2.45, 2.75) is 13.0 Å².